The number of epoxide rings is 1. The lowest BCUT2D eigenvalue weighted by Gasteiger charge is -2.40. The topological polar surface area (TPSA) is 62.9 Å². The van der Waals surface area contributed by atoms with E-state index in [0.717, 1.165) is 43.6 Å². The fourth-order valence-electron chi connectivity index (χ4n) is 4.94. The second kappa shape index (κ2) is 8.04. The molecule has 4 rings (SSSR count). The van der Waals surface area contributed by atoms with Gasteiger partial charge >= 0.3 is 12.1 Å². The van der Waals surface area contributed by atoms with Crippen LogP contribution in [-0.4, -0.2) is 49.0 Å². The lowest BCUT2D eigenvalue weighted by atomic mass is 9.82. The standard InChI is InChI=1S/C22H29F3N2O3/c1-13-14(2)19(30-12-18-11-29-18)4-3-15(13)5-7-21-8-6-16(27-21)9-17(10-21)26-20(28)22(23,24)25/h3-4,16-18,27H,5-12H2,1-2H3,(H,26,28)/t16?,17?,18-,21-/m0/s1. The number of rotatable bonds is 7. The van der Waals surface area contributed by atoms with Gasteiger partial charge < -0.3 is 20.1 Å². The average Bonchev–Trinajstić information content (AvgIpc) is 3.45. The molecule has 0 saturated carbocycles. The van der Waals surface area contributed by atoms with Gasteiger partial charge in [-0.15, -0.1) is 0 Å². The van der Waals surface area contributed by atoms with E-state index in [2.05, 4.69) is 23.6 Å². The van der Waals surface area contributed by atoms with Crippen LogP contribution >= 0.6 is 0 Å². The maximum Gasteiger partial charge on any atom is 0.471 e. The van der Waals surface area contributed by atoms with Crippen molar-refractivity contribution in [1.29, 1.82) is 0 Å². The molecule has 0 radical (unpaired) electrons. The fraction of sp³-hybridized carbons (Fsp3) is 0.682. The van der Waals surface area contributed by atoms with Crippen molar-refractivity contribution in [3.63, 3.8) is 0 Å². The Morgan fingerprint density at radius 2 is 2.10 bits per heavy atom. The van der Waals surface area contributed by atoms with E-state index < -0.39 is 18.1 Å². The summed E-state index contributed by atoms with van der Waals surface area (Å²) in [6, 6.07) is 3.81. The Morgan fingerprint density at radius 1 is 1.33 bits per heavy atom. The van der Waals surface area contributed by atoms with Crippen LogP contribution in [0.25, 0.3) is 0 Å². The second-order valence-electron chi connectivity index (χ2n) is 9.01. The fourth-order valence-corrected chi connectivity index (χ4v) is 4.94. The van der Waals surface area contributed by atoms with Crippen molar-refractivity contribution in [3.8, 4) is 5.75 Å². The molecule has 2 N–H and O–H groups in total. The lowest BCUT2D eigenvalue weighted by molar-refractivity contribution is -0.174. The summed E-state index contributed by atoms with van der Waals surface area (Å²) in [5.41, 5.74) is 3.31. The van der Waals surface area contributed by atoms with E-state index in [1.54, 1.807) is 0 Å². The molecular formula is C22H29F3N2O3. The molecule has 3 aliphatic heterocycles. The Bertz CT molecular complexity index is 810. The predicted molar refractivity (Wildman–Crippen MR) is 106 cm³/mol. The van der Waals surface area contributed by atoms with Gasteiger partial charge in [-0.3, -0.25) is 4.79 Å². The first-order valence-electron chi connectivity index (χ1n) is 10.6. The molecular weight excluding hydrogens is 397 g/mol. The zero-order valence-corrected chi connectivity index (χ0v) is 17.4. The van der Waals surface area contributed by atoms with Gasteiger partial charge in [-0.2, -0.15) is 13.2 Å². The summed E-state index contributed by atoms with van der Waals surface area (Å²) in [7, 11) is 0. The Balaban J connectivity index is 1.38. The number of carbonyl (C=O) groups is 1. The molecule has 2 bridgehead atoms. The van der Waals surface area contributed by atoms with Crippen LogP contribution < -0.4 is 15.4 Å². The van der Waals surface area contributed by atoms with Crippen LogP contribution in [0.3, 0.4) is 0 Å². The lowest BCUT2D eigenvalue weighted by Crippen LogP contribution is -2.56. The Labute approximate surface area is 174 Å². The molecule has 4 atom stereocenters. The minimum atomic E-state index is -4.83. The molecule has 3 fully saturated rings. The molecule has 2 unspecified atom stereocenters. The van der Waals surface area contributed by atoms with Gasteiger partial charge in [0.25, 0.3) is 0 Å². The van der Waals surface area contributed by atoms with E-state index in [1.807, 2.05) is 13.0 Å². The summed E-state index contributed by atoms with van der Waals surface area (Å²) in [5, 5.41) is 5.84. The highest BCUT2D eigenvalue weighted by atomic mass is 19.4. The second-order valence-corrected chi connectivity index (χ2v) is 9.01. The number of fused-ring (bicyclic) bond motifs is 2. The minimum absolute atomic E-state index is 0.167. The quantitative estimate of drug-likeness (QED) is 0.657. The summed E-state index contributed by atoms with van der Waals surface area (Å²) >= 11 is 0. The van der Waals surface area contributed by atoms with E-state index in [1.165, 1.54) is 11.1 Å². The number of hydrogen-bond acceptors (Lipinski definition) is 4. The van der Waals surface area contributed by atoms with Crippen LogP contribution in [-0.2, 0) is 16.0 Å². The SMILES string of the molecule is Cc1c(CC[C@]23CCC(CC(NC(=O)C(F)(F)F)C2)N3)ccc(OC[C@@H]2CO2)c1C. The first-order valence-corrected chi connectivity index (χ1v) is 10.6. The van der Waals surface area contributed by atoms with Gasteiger partial charge in [0.1, 0.15) is 18.5 Å². The predicted octanol–water partition coefficient (Wildman–Crippen LogP) is 3.35. The van der Waals surface area contributed by atoms with E-state index in [-0.39, 0.29) is 17.7 Å². The molecule has 166 valence electrons. The van der Waals surface area contributed by atoms with Crippen LogP contribution in [0.15, 0.2) is 12.1 Å². The van der Waals surface area contributed by atoms with Crippen molar-refractivity contribution in [2.24, 2.45) is 0 Å². The van der Waals surface area contributed by atoms with Crippen molar-refractivity contribution >= 4 is 5.91 Å². The highest BCUT2D eigenvalue weighted by molar-refractivity contribution is 5.82. The average molecular weight is 426 g/mol. The summed E-state index contributed by atoms with van der Waals surface area (Å²) in [6.07, 6.45) is -0.00685. The Kier molecular flexibility index (Phi) is 5.74. The van der Waals surface area contributed by atoms with E-state index >= 15 is 0 Å². The molecule has 0 aromatic heterocycles. The van der Waals surface area contributed by atoms with Crippen LogP contribution in [0, 0.1) is 13.8 Å². The highest BCUT2D eigenvalue weighted by Gasteiger charge is 2.47. The minimum Gasteiger partial charge on any atom is -0.491 e. The molecule has 1 aromatic rings. The Morgan fingerprint density at radius 3 is 2.80 bits per heavy atom. The van der Waals surface area contributed by atoms with Gasteiger partial charge in [-0.1, -0.05) is 6.07 Å². The monoisotopic (exact) mass is 426 g/mol. The molecule has 5 nitrogen and oxygen atoms in total. The third-order valence-corrected chi connectivity index (χ3v) is 6.83. The number of nitrogens with one attached hydrogen (secondary N) is 2. The number of alkyl halides is 3. The van der Waals surface area contributed by atoms with Gasteiger partial charge in [0, 0.05) is 17.6 Å². The third kappa shape index (κ3) is 4.75. The normalized spacial score (nSPS) is 30.2. The maximum atomic E-state index is 12.7. The molecule has 30 heavy (non-hydrogen) atoms. The Hall–Kier alpha value is -1.80. The molecule has 1 aromatic carbocycles. The first-order chi connectivity index (χ1) is 14.2. The molecule has 8 heteroatoms. The summed E-state index contributed by atoms with van der Waals surface area (Å²) in [4.78, 5) is 11.4. The molecule has 3 aliphatic rings. The number of amides is 1. The zero-order chi connectivity index (χ0) is 21.5. The van der Waals surface area contributed by atoms with Crippen LogP contribution in [0.5, 0.6) is 5.75 Å². The van der Waals surface area contributed by atoms with Crippen molar-refractivity contribution in [1.82, 2.24) is 10.6 Å². The van der Waals surface area contributed by atoms with E-state index in [0.29, 0.717) is 19.4 Å². The molecule has 1 amide bonds. The molecule has 0 aliphatic carbocycles. The van der Waals surface area contributed by atoms with Crippen LogP contribution in [0.4, 0.5) is 13.2 Å². The van der Waals surface area contributed by atoms with Gasteiger partial charge in [-0.05, 0) is 75.1 Å². The van der Waals surface area contributed by atoms with Crippen molar-refractivity contribution in [2.75, 3.05) is 13.2 Å². The summed E-state index contributed by atoms with van der Waals surface area (Å²) in [5.74, 6) is -0.959. The van der Waals surface area contributed by atoms with Crippen molar-refractivity contribution in [2.45, 2.75) is 82.3 Å². The van der Waals surface area contributed by atoms with E-state index in [4.69, 9.17) is 9.47 Å². The number of halogens is 3. The van der Waals surface area contributed by atoms with Gasteiger partial charge in [0.15, 0.2) is 0 Å². The number of benzene rings is 1. The zero-order valence-electron chi connectivity index (χ0n) is 17.4. The number of aryl methyl sites for hydroxylation is 1. The number of hydrogen-bond donors (Lipinski definition) is 2. The van der Waals surface area contributed by atoms with E-state index in [9.17, 15) is 18.0 Å². The number of piperidine rings is 1. The molecule has 3 saturated heterocycles. The third-order valence-electron chi connectivity index (χ3n) is 6.83. The summed E-state index contributed by atoms with van der Waals surface area (Å²) < 4.78 is 49.0. The first kappa shape index (κ1) is 21.4. The number of ether oxygens (including phenoxy) is 2. The number of carbonyl (C=O) groups excluding carboxylic acids is 1. The van der Waals surface area contributed by atoms with Crippen LogP contribution in [0.1, 0.15) is 48.8 Å². The smallest absolute Gasteiger partial charge is 0.471 e. The molecule has 3 heterocycles. The summed E-state index contributed by atoms with van der Waals surface area (Å²) in [6.45, 7) is 5.46. The van der Waals surface area contributed by atoms with Gasteiger partial charge in [-0.25, -0.2) is 0 Å². The van der Waals surface area contributed by atoms with Gasteiger partial charge in [0.2, 0.25) is 0 Å². The van der Waals surface area contributed by atoms with Crippen LogP contribution in [0.2, 0.25) is 0 Å². The largest absolute Gasteiger partial charge is 0.491 e. The highest BCUT2D eigenvalue weighted by Crippen LogP contribution is 2.39. The van der Waals surface area contributed by atoms with Crippen molar-refractivity contribution < 1.29 is 27.4 Å². The maximum absolute atomic E-state index is 12.7. The molecule has 0 spiro atoms. The van der Waals surface area contributed by atoms with Crippen molar-refractivity contribution in [3.05, 3.63) is 28.8 Å². The van der Waals surface area contributed by atoms with Gasteiger partial charge in [0.05, 0.1) is 6.61 Å².